The van der Waals surface area contributed by atoms with E-state index in [0.717, 1.165) is 5.70 Å². The first-order chi connectivity index (χ1) is 5.24. The Morgan fingerprint density at radius 1 is 1.55 bits per heavy atom. The molecular weight excluding hydrogens is 134 g/mol. The quantitative estimate of drug-likeness (QED) is 0.612. The van der Waals surface area contributed by atoms with E-state index in [2.05, 4.69) is 6.58 Å². The molecule has 0 saturated heterocycles. The number of hydrogen-bond donors (Lipinski definition) is 1. The van der Waals surface area contributed by atoms with Crippen molar-refractivity contribution in [1.82, 2.24) is 0 Å². The van der Waals surface area contributed by atoms with E-state index < -0.39 is 0 Å². The molecule has 1 fully saturated rings. The highest BCUT2D eigenvalue weighted by Gasteiger charge is 2.23. The second kappa shape index (κ2) is 3.42. The van der Waals surface area contributed by atoms with Gasteiger partial charge in [-0.15, -0.1) is 0 Å². The Morgan fingerprint density at radius 3 is 2.64 bits per heavy atom. The van der Waals surface area contributed by atoms with Crippen molar-refractivity contribution in [2.24, 2.45) is 11.7 Å². The lowest BCUT2D eigenvalue weighted by molar-refractivity contribution is 0.976. The normalized spacial score (nSPS) is 20.1. The molecular formula is C10H15N. The van der Waals surface area contributed by atoms with Crippen LogP contribution in [0.4, 0.5) is 0 Å². The molecule has 0 aromatic rings. The largest absolute Gasteiger partial charge is 0.402 e. The smallest absolute Gasteiger partial charge is 0.0115 e. The maximum atomic E-state index is 5.80. The third kappa shape index (κ3) is 2.62. The standard InChI is InChI=1S/C10H15N/c1-3-4-8(2)7-10(11)9-5-6-9/h3-4,7,9H,1,5-6,11H2,2H3/b8-4-,10-7-. The summed E-state index contributed by atoms with van der Waals surface area (Å²) in [4.78, 5) is 0. The molecule has 0 radical (unpaired) electrons. The molecule has 1 rings (SSSR count). The molecule has 0 amide bonds. The number of allylic oxidation sites excluding steroid dienone is 5. The van der Waals surface area contributed by atoms with Gasteiger partial charge in [-0.3, -0.25) is 0 Å². The molecule has 1 aliphatic carbocycles. The van der Waals surface area contributed by atoms with Gasteiger partial charge in [0.05, 0.1) is 0 Å². The molecule has 1 aliphatic rings. The molecule has 0 aromatic heterocycles. The first-order valence-corrected chi connectivity index (χ1v) is 4.00. The van der Waals surface area contributed by atoms with E-state index in [-0.39, 0.29) is 0 Å². The third-order valence-electron chi connectivity index (χ3n) is 1.82. The number of nitrogens with two attached hydrogens (primary N) is 1. The Balaban J connectivity index is 2.54. The summed E-state index contributed by atoms with van der Waals surface area (Å²) in [5, 5.41) is 0. The van der Waals surface area contributed by atoms with E-state index in [1.165, 1.54) is 18.4 Å². The van der Waals surface area contributed by atoms with Crippen LogP contribution in [0.2, 0.25) is 0 Å². The molecule has 0 heterocycles. The Kier molecular flexibility index (Phi) is 2.53. The molecule has 2 N–H and O–H groups in total. The van der Waals surface area contributed by atoms with Gasteiger partial charge in [0.25, 0.3) is 0 Å². The predicted molar refractivity (Wildman–Crippen MR) is 48.9 cm³/mol. The van der Waals surface area contributed by atoms with Crippen molar-refractivity contribution in [3.05, 3.63) is 36.1 Å². The van der Waals surface area contributed by atoms with Gasteiger partial charge in [-0.1, -0.05) is 18.7 Å². The highest BCUT2D eigenvalue weighted by Crippen LogP contribution is 2.34. The van der Waals surface area contributed by atoms with Gasteiger partial charge in [-0.05, 0) is 37.3 Å². The molecule has 60 valence electrons. The first kappa shape index (κ1) is 8.12. The van der Waals surface area contributed by atoms with Gasteiger partial charge in [-0.2, -0.15) is 0 Å². The Hall–Kier alpha value is -0.980. The first-order valence-electron chi connectivity index (χ1n) is 4.00. The van der Waals surface area contributed by atoms with Gasteiger partial charge >= 0.3 is 0 Å². The summed E-state index contributed by atoms with van der Waals surface area (Å²) in [6, 6.07) is 0. The maximum absolute atomic E-state index is 5.80. The van der Waals surface area contributed by atoms with Crippen LogP contribution >= 0.6 is 0 Å². The van der Waals surface area contributed by atoms with Crippen molar-refractivity contribution < 1.29 is 0 Å². The molecule has 1 nitrogen and oxygen atoms in total. The lowest BCUT2D eigenvalue weighted by atomic mass is 10.2. The van der Waals surface area contributed by atoms with Gasteiger partial charge in [0.1, 0.15) is 0 Å². The van der Waals surface area contributed by atoms with Crippen LogP contribution in [0.5, 0.6) is 0 Å². The summed E-state index contributed by atoms with van der Waals surface area (Å²) < 4.78 is 0. The van der Waals surface area contributed by atoms with E-state index in [1.54, 1.807) is 6.08 Å². The van der Waals surface area contributed by atoms with Crippen molar-refractivity contribution in [3.8, 4) is 0 Å². The highest BCUT2D eigenvalue weighted by atomic mass is 14.6. The van der Waals surface area contributed by atoms with E-state index in [0.29, 0.717) is 5.92 Å². The van der Waals surface area contributed by atoms with E-state index in [4.69, 9.17) is 5.73 Å². The fourth-order valence-corrected chi connectivity index (χ4v) is 1.03. The Labute approximate surface area is 68.3 Å². The van der Waals surface area contributed by atoms with Crippen LogP contribution in [-0.4, -0.2) is 0 Å². The molecule has 0 bridgehead atoms. The lowest BCUT2D eigenvalue weighted by Crippen LogP contribution is -1.98. The molecule has 0 aliphatic heterocycles. The molecule has 0 unspecified atom stereocenters. The second-order valence-electron chi connectivity index (χ2n) is 3.06. The molecule has 0 aromatic carbocycles. The summed E-state index contributed by atoms with van der Waals surface area (Å²) in [5.41, 5.74) is 8.01. The monoisotopic (exact) mass is 149 g/mol. The van der Waals surface area contributed by atoms with Gasteiger partial charge in [0.2, 0.25) is 0 Å². The topological polar surface area (TPSA) is 26.0 Å². The summed E-state index contributed by atoms with van der Waals surface area (Å²) >= 11 is 0. The van der Waals surface area contributed by atoms with Gasteiger partial charge in [0, 0.05) is 5.70 Å². The zero-order valence-corrected chi connectivity index (χ0v) is 7.01. The fraction of sp³-hybridized carbons (Fsp3) is 0.400. The van der Waals surface area contributed by atoms with E-state index in [9.17, 15) is 0 Å². The summed E-state index contributed by atoms with van der Waals surface area (Å²) in [6.45, 7) is 5.66. The van der Waals surface area contributed by atoms with Crippen LogP contribution in [0.15, 0.2) is 36.1 Å². The van der Waals surface area contributed by atoms with Crippen LogP contribution in [0.1, 0.15) is 19.8 Å². The lowest BCUT2D eigenvalue weighted by Gasteiger charge is -1.96. The van der Waals surface area contributed by atoms with Crippen LogP contribution < -0.4 is 5.73 Å². The summed E-state index contributed by atoms with van der Waals surface area (Å²) in [5.74, 6) is 0.670. The van der Waals surface area contributed by atoms with Crippen LogP contribution in [0, 0.1) is 5.92 Å². The van der Waals surface area contributed by atoms with Crippen molar-refractivity contribution in [2.45, 2.75) is 19.8 Å². The number of hydrogen-bond acceptors (Lipinski definition) is 1. The molecule has 11 heavy (non-hydrogen) atoms. The Morgan fingerprint density at radius 2 is 2.18 bits per heavy atom. The zero-order valence-electron chi connectivity index (χ0n) is 7.01. The fourth-order valence-electron chi connectivity index (χ4n) is 1.03. The average Bonchev–Trinajstić information content (AvgIpc) is 2.67. The average molecular weight is 149 g/mol. The van der Waals surface area contributed by atoms with Crippen LogP contribution in [0.3, 0.4) is 0 Å². The van der Waals surface area contributed by atoms with Gasteiger partial charge in [-0.25, -0.2) is 0 Å². The second-order valence-corrected chi connectivity index (χ2v) is 3.06. The third-order valence-corrected chi connectivity index (χ3v) is 1.82. The van der Waals surface area contributed by atoms with Gasteiger partial charge < -0.3 is 5.73 Å². The predicted octanol–water partition coefficient (Wildman–Crippen LogP) is 2.37. The minimum absolute atomic E-state index is 0.670. The van der Waals surface area contributed by atoms with Gasteiger partial charge in [0.15, 0.2) is 0 Å². The molecule has 1 saturated carbocycles. The SMILES string of the molecule is C=C/C=C(C)\C=C(/N)C1CC1. The zero-order chi connectivity index (χ0) is 8.27. The summed E-state index contributed by atoms with van der Waals surface area (Å²) in [6.07, 6.45) is 8.33. The summed E-state index contributed by atoms with van der Waals surface area (Å²) in [7, 11) is 0. The number of rotatable bonds is 3. The Bertz CT molecular complexity index is 207. The van der Waals surface area contributed by atoms with Crippen molar-refractivity contribution in [2.75, 3.05) is 0 Å². The highest BCUT2D eigenvalue weighted by molar-refractivity contribution is 5.26. The minimum Gasteiger partial charge on any atom is -0.402 e. The van der Waals surface area contributed by atoms with Crippen LogP contribution in [0.25, 0.3) is 0 Å². The molecule has 0 spiro atoms. The van der Waals surface area contributed by atoms with E-state index in [1.807, 2.05) is 19.1 Å². The van der Waals surface area contributed by atoms with Crippen molar-refractivity contribution in [1.29, 1.82) is 0 Å². The van der Waals surface area contributed by atoms with Crippen molar-refractivity contribution >= 4 is 0 Å². The van der Waals surface area contributed by atoms with Crippen LogP contribution in [-0.2, 0) is 0 Å². The molecule has 1 heteroatoms. The van der Waals surface area contributed by atoms with Crippen molar-refractivity contribution in [3.63, 3.8) is 0 Å². The maximum Gasteiger partial charge on any atom is 0.0115 e. The minimum atomic E-state index is 0.670. The van der Waals surface area contributed by atoms with E-state index >= 15 is 0 Å². The molecule has 0 atom stereocenters.